The number of hydrogen-bond acceptors (Lipinski definition) is 2. The van der Waals surface area contributed by atoms with Gasteiger partial charge in [0.25, 0.3) is 0 Å². The van der Waals surface area contributed by atoms with E-state index in [2.05, 4.69) is 25.3 Å². The minimum Gasteiger partial charge on any atom is -0.416 e. The fourth-order valence-corrected chi connectivity index (χ4v) is 3.61. The highest BCUT2D eigenvalue weighted by atomic mass is 28.4. The van der Waals surface area contributed by atoms with Crippen LogP contribution in [0.4, 0.5) is 4.79 Å². The van der Waals surface area contributed by atoms with Gasteiger partial charge in [-0.25, -0.2) is 4.79 Å². The molecule has 1 aliphatic rings. The number of carbonyl (C=O) groups is 1. The van der Waals surface area contributed by atoms with Crippen LogP contribution in [-0.2, 0) is 4.43 Å². The summed E-state index contributed by atoms with van der Waals surface area (Å²) in [6, 6.07) is 0.0608. The summed E-state index contributed by atoms with van der Waals surface area (Å²) in [5, 5.41) is 2.80. The molecule has 1 heterocycles. The molecule has 2 amide bonds. The fourth-order valence-electron chi connectivity index (χ4n) is 1.55. The zero-order valence-electron chi connectivity index (χ0n) is 9.30. The molecule has 0 atom stereocenters. The van der Waals surface area contributed by atoms with Gasteiger partial charge in [0.2, 0.25) is 8.32 Å². The highest BCUT2D eigenvalue weighted by Gasteiger charge is 2.30. The molecule has 0 aromatic carbocycles. The lowest BCUT2D eigenvalue weighted by Gasteiger charge is -2.27. The van der Waals surface area contributed by atoms with E-state index in [4.69, 9.17) is 4.43 Å². The summed E-state index contributed by atoms with van der Waals surface area (Å²) in [5.41, 5.74) is 0. The molecule has 1 N–H and O–H groups in total. The van der Waals surface area contributed by atoms with E-state index in [0.717, 1.165) is 32.3 Å². The molecule has 0 spiro atoms. The number of hydrogen-bond donors (Lipinski definition) is 1. The Balaban J connectivity index is 2.37. The van der Waals surface area contributed by atoms with E-state index in [-0.39, 0.29) is 6.03 Å². The van der Waals surface area contributed by atoms with Crippen LogP contribution >= 0.6 is 0 Å². The van der Waals surface area contributed by atoms with Crippen LogP contribution in [0.25, 0.3) is 0 Å². The Bertz CT molecular complexity index is 209. The van der Waals surface area contributed by atoms with Crippen molar-refractivity contribution in [3.63, 3.8) is 0 Å². The van der Waals surface area contributed by atoms with E-state index >= 15 is 0 Å². The molecule has 1 saturated heterocycles. The normalized spacial score (nSPS) is 17.4. The number of urea groups is 1. The predicted octanol–water partition coefficient (Wildman–Crippen LogP) is 1.18. The topological polar surface area (TPSA) is 41.6 Å². The molecule has 5 heteroatoms. The Hall–Kier alpha value is -0.553. The quantitative estimate of drug-likeness (QED) is 0.701. The van der Waals surface area contributed by atoms with Crippen molar-refractivity contribution in [1.82, 2.24) is 10.2 Å². The average molecular weight is 216 g/mol. The van der Waals surface area contributed by atoms with E-state index in [1.54, 1.807) is 0 Å². The van der Waals surface area contributed by atoms with Gasteiger partial charge in [0, 0.05) is 25.9 Å². The van der Waals surface area contributed by atoms with Crippen molar-refractivity contribution in [2.24, 2.45) is 0 Å². The molecular formula is C9H20N2O2Si. The summed E-state index contributed by atoms with van der Waals surface area (Å²) in [6.45, 7) is 8.84. The fraction of sp³-hybridized carbons (Fsp3) is 0.889. The monoisotopic (exact) mass is 216 g/mol. The van der Waals surface area contributed by atoms with Gasteiger partial charge in [-0.1, -0.05) is 6.92 Å². The van der Waals surface area contributed by atoms with Gasteiger partial charge in [-0.2, -0.15) is 0 Å². The molecule has 82 valence electrons. The van der Waals surface area contributed by atoms with Gasteiger partial charge in [-0.15, -0.1) is 0 Å². The van der Waals surface area contributed by atoms with Crippen LogP contribution in [0.2, 0.25) is 13.1 Å². The third-order valence-corrected chi connectivity index (χ3v) is 4.34. The molecule has 1 aliphatic heterocycles. The number of amides is 2. The van der Waals surface area contributed by atoms with E-state index in [0.29, 0.717) is 0 Å². The molecule has 0 radical (unpaired) electrons. The third kappa shape index (κ3) is 3.30. The van der Waals surface area contributed by atoms with Crippen LogP contribution in [0.15, 0.2) is 0 Å². The number of carbonyl (C=O) groups excluding carboxylic acids is 1. The summed E-state index contributed by atoms with van der Waals surface area (Å²) in [7, 11) is -1.67. The van der Waals surface area contributed by atoms with Crippen molar-refractivity contribution >= 4 is 14.3 Å². The van der Waals surface area contributed by atoms with Gasteiger partial charge >= 0.3 is 6.03 Å². The lowest BCUT2D eigenvalue weighted by molar-refractivity contribution is 0.218. The van der Waals surface area contributed by atoms with Crippen molar-refractivity contribution in [2.75, 3.05) is 25.9 Å². The molecule has 0 bridgehead atoms. The Kier molecular flexibility index (Phi) is 3.94. The number of nitrogens with one attached hydrogen (secondary N) is 1. The van der Waals surface area contributed by atoms with E-state index in [1.165, 1.54) is 0 Å². The number of nitrogens with zero attached hydrogens (tertiary/aromatic N) is 1. The predicted molar refractivity (Wildman–Crippen MR) is 58.7 cm³/mol. The van der Waals surface area contributed by atoms with Gasteiger partial charge < -0.3 is 14.6 Å². The highest BCUT2D eigenvalue weighted by molar-refractivity contribution is 6.71. The van der Waals surface area contributed by atoms with E-state index in [1.807, 2.05) is 4.90 Å². The van der Waals surface area contributed by atoms with Crippen molar-refractivity contribution < 1.29 is 9.22 Å². The van der Waals surface area contributed by atoms with E-state index < -0.39 is 8.32 Å². The Morgan fingerprint density at radius 3 is 2.79 bits per heavy atom. The third-order valence-electron chi connectivity index (χ3n) is 2.21. The van der Waals surface area contributed by atoms with Crippen molar-refractivity contribution in [1.29, 1.82) is 0 Å². The zero-order valence-corrected chi connectivity index (χ0v) is 10.3. The summed E-state index contributed by atoms with van der Waals surface area (Å²) >= 11 is 0. The second-order valence-corrected chi connectivity index (χ2v) is 8.39. The van der Waals surface area contributed by atoms with Gasteiger partial charge in [-0.3, -0.25) is 0 Å². The van der Waals surface area contributed by atoms with Crippen LogP contribution in [-0.4, -0.2) is 45.1 Å². The lowest BCUT2D eigenvalue weighted by Crippen LogP contribution is -2.46. The molecule has 0 aromatic heterocycles. The summed E-state index contributed by atoms with van der Waals surface area (Å²) in [6.07, 6.45) is 1.85. The molecular weight excluding hydrogens is 196 g/mol. The maximum atomic E-state index is 11.3. The standard InChI is InChI=1S/C9H20N2O2Si/c1-4-7-13-14(2,3)8-11-6-5-10-9(11)12/h4-8H2,1-3H3,(H,10,12). The van der Waals surface area contributed by atoms with Gasteiger partial charge in [0.05, 0.1) is 0 Å². The molecule has 1 fully saturated rings. The Morgan fingerprint density at radius 2 is 2.29 bits per heavy atom. The minimum atomic E-state index is -1.67. The molecule has 0 aromatic rings. The first-order valence-electron chi connectivity index (χ1n) is 5.22. The zero-order chi connectivity index (χ0) is 10.6. The molecule has 4 nitrogen and oxygen atoms in total. The second kappa shape index (κ2) is 4.79. The maximum Gasteiger partial charge on any atom is 0.317 e. The van der Waals surface area contributed by atoms with Gasteiger partial charge in [0.1, 0.15) is 0 Å². The SMILES string of the molecule is CCCO[Si](C)(C)CN1CCNC1=O. The molecule has 1 rings (SSSR count). The molecule has 0 aliphatic carbocycles. The smallest absolute Gasteiger partial charge is 0.317 e. The van der Waals surface area contributed by atoms with Gasteiger partial charge in [-0.05, 0) is 19.5 Å². The highest BCUT2D eigenvalue weighted by Crippen LogP contribution is 2.09. The van der Waals surface area contributed by atoms with Crippen LogP contribution < -0.4 is 5.32 Å². The van der Waals surface area contributed by atoms with Crippen LogP contribution in [0.3, 0.4) is 0 Å². The first-order valence-corrected chi connectivity index (χ1v) is 8.33. The first-order chi connectivity index (χ1) is 6.55. The second-order valence-electron chi connectivity index (χ2n) is 4.26. The van der Waals surface area contributed by atoms with Crippen LogP contribution in [0.1, 0.15) is 13.3 Å². The van der Waals surface area contributed by atoms with Gasteiger partial charge in [0.15, 0.2) is 0 Å². The van der Waals surface area contributed by atoms with Crippen molar-refractivity contribution in [2.45, 2.75) is 26.4 Å². The maximum absolute atomic E-state index is 11.3. The Labute approximate surface area is 86.7 Å². The summed E-state index contributed by atoms with van der Waals surface area (Å²) in [5.74, 6) is 0. The Morgan fingerprint density at radius 1 is 1.57 bits per heavy atom. The van der Waals surface area contributed by atoms with Crippen molar-refractivity contribution in [3.05, 3.63) is 0 Å². The molecule has 14 heavy (non-hydrogen) atoms. The molecule has 0 unspecified atom stereocenters. The van der Waals surface area contributed by atoms with Crippen LogP contribution in [0, 0.1) is 0 Å². The first kappa shape index (κ1) is 11.5. The van der Waals surface area contributed by atoms with E-state index in [9.17, 15) is 4.79 Å². The summed E-state index contributed by atoms with van der Waals surface area (Å²) < 4.78 is 5.81. The van der Waals surface area contributed by atoms with Crippen LogP contribution in [0.5, 0.6) is 0 Å². The lowest BCUT2D eigenvalue weighted by atomic mass is 10.5. The largest absolute Gasteiger partial charge is 0.416 e. The minimum absolute atomic E-state index is 0.0608. The summed E-state index contributed by atoms with van der Waals surface area (Å²) in [4.78, 5) is 13.2. The molecule has 0 saturated carbocycles. The number of rotatable bonds is 5. The van der Waals surface area contributed by atoms with Crippen molar-refractivity contribution in [3.8, 4) is 0 Å². The average Bonchev–Trinajstić information content (AvgIpc) is 2.48.